The lowest BCUT2D eigenvalue weighted by Crippen LogP contribution is -2.55. The Bertz CT molecular complexity index is 713. The molecule has 3 rings (SSSR count). The lowest BCUT2D eigenvalue weighted by atomic mass is 10.0. The third-order valence-electron chi connectivity index (χ3n) is 5.69. The van der Waals surface area contributed by atoms with Crippen LogP contribution in [0, 0.1) is 0 Å². The molecular formula is C23H35N3O4. The molecule has 2 aliphatic heterocycles. The van der Waals surface area contributed by atoms with Gasteiger partial charge in [-0.2, -0.15) is 0 Å². The van der Waals surface area contributed by atoms with Gasteiger partial charge in [0.2, 0.25) is 0 Å². The monoisotopic (exact) mass is 417 g/mol. The molecule has 0 bridgehead atoms. The summed E-state index contributed by atoms with van der Waals surface area (Å²) in [4.78, 5) is 30.8. The highest BCUT2D eigenvalue weighted by Crippen LogP contribution is 2.24. The molecule has 166 valence electrons. The molecule has 30 heavy (non-hydrogen) atoms. The van der Waals surface area contributed by atoms with E-state index >= 15 is 0 Å². The fraction of sp³-hybridized carbons (Fsp3) is 0.652. The van der Waals surface area contributed by atoms with Crippen LogP contribution in [0.3, 0.4) is 0 Å². The van der Waals surface area contributed by atoms with E-state index in [1.165, 1.54) is 0 Å². The van der Waals surface area contributed by atoms with Crippen LogP contribution in [0.5, 0.6) is 0 Å². The molecule has 0 spiro atoms. The molecule has 2 saturated heterocycles. The number of nitrogens with zero attached hydrogens (tertiary/aromatic N) is 3. The summed E-state index contributed by atoms with van der Waals surface area (Å²) in [6.45, 7) is 13.2. The maximum absolute atomic E-state index is 12.2. The lowest BCUT2D eigenvalue weighted by molar-refractivity contribution is 0.00900. The number of hydrogen-bond acceptors (Lipinski definition) is 6. The Morgan fingerprint density at radius 3 is 2.10 bits per heavy atom. The minimum Gasteiger partial charge on any atom is -0.462 e. The molecule has 0 aliphatic carbocycles. The first kappa shape index (κ1) is 22.4. The van der Waals surface area contributed by atoms with Gasteiger partial charge in [-0.15, -0.1) is 0 Å². The maximum Gasteiger partial charge on any atom is 0.410 e. The number of piperidine rings is 1. The van der Waals surface area contributed by atoms with E-state index < -0.39 is 5.60 Å². The zero-order valence-corrected chi connectivity index (χ0v) is 18.7. The average molecular weight is 418 g/mol. The molecule has 0 aromatic heterocycles. The van der Waals surface area contributed by atoms with Crippen molar-refractivity contribution in [1.29, 1.82) is 0 Å². The number of benzene rings is 1. The van der Waals surface area contributed by atoms with Crippen LogP contribution in [-0.2, 0) is 9.47 Å². The number of amides is 1. The van der Waals surface area contributed by atoms with E-state index in [1.54, 1.807) is 0 Å². The maximum atomic E-state index is 12.2. The standard InChI is InChI=1S/C23H35N3O4/c1-5-29-21(27)18-6-8-19(9-7-18)24-12-10-20(11-13-24)25-14-16-26(17-15-25)22(28)30-23(2,3)4/h6-9,20H,5,10-17H2,1-4H3. The zero-order chi connectivity index (χ0) is 21.7. The quantitative estimate of drug-likeness (QED) is 0.700. The highest BCUT2D eigenvalue weighted by molar-refractivity contribution is 5.89. The van der Waals surface area contributed by atoms with E-state index in [4.69, 9.17) is 9.47 Å². The fourth-order valence-corrected chi connectivity index (χ4v) is 4.11. The predicted octanol–water partition coefficient (Wildman–Crippen LogP) is 3.38. The smallest absolute Gasteiger partial charge is 0.410 e. The highest BCUT2D eigenvalue weighted by Gasteiger charge is 2.30. The van der Waals surface area contributed by atoms with Crippen molar-refractivity contribution in [3.05, 3.63) is 29.8 Å². The number of carbonyl (C=O) groups is 2. The second-order valence-corrected chi connectivity index (χ2v) is 8.99. The van der Waals surface area contributed by atoms with Crippen LogP contribution in [0.4, 0.5) is 10.5 Å². The van der Waals surface area contributed by atoms with Gasteiger partial charge in [-0.05, 0) is 64.8 Å². The summed E-state index contributed by atoms with van der Waals surface area (Å²) in [6, 6.07) is 8.25. The van der Waals surface area contributed by atoms with Crippen molar-refractivity contribution in [1.82, 2.24) is 9.80 Å². The summed E-state index contributed by atoms with van der Waals surface area (Å²) >= 11 is 0. The van der Waals surface area contributed by atoms with Crippen LogP contribution in [0.25, 0.3) is 0 Å². The van der Waals surface area contributed by atoms with Crippen molar-refractivity contribution >= 4 is 17.7 Å². The van der Waals surface area contributed by atoms with Gasteiger partial charge >= 0.3 is 12.1 Å². The Hall–Kier alpha value is -2.28. The first-order chi connectivity index (χ1) is 14.3. The van der Waals surface area contributed by atoms with E-state index in [0.717, 1.165) is 57.8 Å². The van der Waals surface area contributed by atoms with Gasteiger partial charge in [-0.1, -0.05) is 0 Å². The molecule has 2 heterocycles. The normalized spacial score (nSPS) is 18.9. The van der Waals surface area contributed by atoms with Gasteiger partial charge in [-0.3, -0.25) is 4.90 Å². The first-order valence-corrected chi connectivity index (χ1v) is 11.0. The molecule has 7 heteroatoms. The van der Waals surface area contributed by atoms with Gasteiger partial charge in [0.15, 0.2) is 0 Å². The van der Waals surface area contributed by atoms with Gasteiger partial charge in [0.05, 0.1) is 12.2 Å². The number of piperazine rings is 1. The molecule has 0 N–H and O–H groups in total. The number of carbonyl (C=O) groups excluding carboxylic acids is 2. The Balaban J connectivity index is 1.45. The largest absolute Gasteiger partial charge is 0.462 e. The van der Waals surface area contributed by atoms with Crippen LogP contribution in [-0.4, -0.2) is 79.4 Å². The Morgan fingerprint density at radius 2 is 1.57 bits per heavy atom. The van der Waals surface area contributed by atoms with Gasteiger partial charge < -0.3 is 19.3 Å². The van der Waals surface area contributed by atoms with Gasteiger partial charge in [0.1, 0.15) is 5.60 Å². The molecule has 1 aromatic carbocycles. The van der Waals surface area contributed by atoms with Crippen molar-refractivity contribution in [2.75, 3.05) is 50.8 Å². The zero-order valence-electron chi connectivity index (χ0n) is 18.7. The van der Waals surface area contributed by atoms with Crippen molar-refractivity contribution in [3.8, 4) is 0 Å². The second kappa shape index (κ2) is 9.69. The molecule has 2 aliphatic rings. The molecule has 0 atom stereocenters. The Kier molecular flexibility index (Phi) is 7.23. The third-order valence-corrected chi connectivity index (χ3v) is 5.69. The molecule has 1 aromatic rings. The molecule has 0 unspecified atom stereocenters. The van der Waals surface area contributed by atoms with Crippen molar-refractivity contribution < 1.29 is 19.1 Å². The number of rotatable bonds is 4. The van der Waals surface area contributed by atoms with Crippen LogP contribution in [0.1, 0.15) is 50.9 Å². The van der Waals surface area contributed by atoms with Crippen molar-refractivity contribution in [3.63, 3.8) is 0 Å². The number of ether oxygens (including phenoxy) is 2. The molecule has 0 saturated carbocycles. The van der Waals surface area contributed by atoms with Crippen LogP contribution in [0.15, 0.2) is 24.3 Å². The molecule has 0 radical (unpaired) electrons. The summed E-state index contributed by atoms with van der Waals surface area (Å²) in [6.07, 6.45) is 2.00. The van der Waals surface area contributed by atoms with Gasteiger partial charge in [-0.25, -0.2) is 9.59 Å². The second-order valence-electron chi connectivity index (χ2n) is 8.99. The van der Waals surface area contributed by atoms with E-state index in [0.29, 0.717) is 18.2 Å². The number of anilines is 1. The van der Waals surface area contributed by atoms with Crippen molar-refractivity contribution in [2.45, 2.75) is 52.2 Å². The minimum absolute atomic E-state index is 0.205. The fourth-order valence-electron chi connectivity index (χ4n) is 4.11. The Labute approximate surface area is 179 Å². The molecular weight excluding hydrogens is 382 g/mol. The van der Waals surface area contributed by atoms with E-state index in [9.17, 15) is 9.59 Å². The van der Waals surface area contributed by atoms with E-state index in [1.807, 2.05) is 56.9 Å². The van der Waals surface area contributed by atoms with E-state index in [-0.39, 0.29) is 12.1 Å². The van der Waals surface area contributed by atoms with Crippen molar-refractivity contribution in [2.24, 2.45) is 0 Å². The molecule has 2 fully saturated rings. The summed E-state index contributed by atoms with van der Waals surface area (Å²) in [5.41, 5.74) is 1.30. The summed E-state index contributed by atoms with van der Waals surface area (Å²) in [7, 11) is 0. The average Bonchev–Trinajstić information content (AvgIpc) is 2.73. The number of esters is 1. The topological polar surface area (TPSA) is 62.3 Å². The lowest BCUT2D eigenvalue weighted by Gasteiger charge is -2.43. The van der Waals surface area contributed by atoms with Gasteiger partial charge in [0, 0.05) is 51.0 Å². The summed E-state index contributed by atoms with van der Waals surface area (Å²) < 4.78 is 10.5. The highest BCUT2D eigenvalue weighted by atomic mass is 16.6. The summed E-state index contributed by atoms with van der Waals surface area (Å²) in [5.74, 6) is -0.270. The van der Waals surface area contributed by atoms with E-state index in [2.05, 4.69) is 9.80 Å². The molecule has 1 amide bonds. The van der Waals surface area contributed by atoms with Gasteiger partial charge in [0.25, 0.3) is 0 Å². The van der Waals surface area contributed by atoms with Crippen LogP contribution in [0.2, 0.25) is 0 Å². The SMILES string of the molecule is CCOC(=O)c1ccc(N2CCC(N3CCN(C(=O)OC(C)(C)C)CC3)CC2)cc1. The minimum atomic E-state index is -0.449. The number of hydrogen-bond donors (Lipinski definition) is 0. The summed E-state index contributed by atoms with van der Waals surface area (Å²) in [5, 5.41) is 0. The molecule has 7 nitrogen and oxygen atoms in total. The first-order valence-electron chi connectivity index (χ1n) is 11.0. The van der Waals surface area contributed by atoms with Crippen LogP contribution >= 0.6 is 0 Å². The Morgan fingerprint density at radius 1 is 0.967 bits per heavy atom. The predicted molar refractivity (Wildman–Crippen MR) is 117 cm³/mol. The third kappa shape index (κ3) is 5.88. The van der Waals surface area contributed by atoms with Crippen LogP contribution < -0.4 is 4.90 Å².